The molecule has 0 radical (unpaired) electrons. The first-order chi connectivity index (χ1) is 24.8. The number of nitrogens with zero attached hydrogens (tertiary/aromatic N) is 2. The van der Waals surface area contributed by atoms with E-state index in [4.69, 9.17) is 9.40 Å². The Morgan fingerprint density at radius 2 is 0.880 bits per heavy atom. The molecule has 236 valence electrons. The lowest BCUT2D eigenvalue weighted by Crippen LogP contribution is -2.09. The molecule has 0 atom stereocenters. The number of oxazole rings is 1. The van der Waals surface area contributed by atoms with Gasteiger partial charge in [0, 0.05) is 28.2 Å². The predicted octanol–water partition coefficient (Wildman–Crippen LogP) is 13.1. The van der Waals surface area contributed by atoms with Gasteiger partial charge < -0.3 is 9.32 Å². The van der Waals surface area contributed by atoms with Gasteiger partial charge in [-0.05, 0) is 99.3 Å². The van der Waals surface area contributed by atoms with Gasteiger partial charge in [-0.25, -0.2) is 4.98 Å². The average molecular weight is 641 g/mol. The molecule has 0 saturated carbocycles. The Morgan fingerprint density at radius 1 is 0.360 bits per heavy atom. The second-order valence-corrected chi connectivity index (χ2v) is 12.4. The van der Waals surface area contributed by atoms with Crippen LogP contribution in [0.2, 0.25) is 0 Å². The van der Waals surface area contributed by atoms with Gasteiger partial charge in [-0.2, -0.15) is 0 Å². The van der Waals surface area contributed by atoms with Crippen LogP contribution < -0.4 is 4.90 Å². The number of aromatic nitrogens is 1. The summed E-state index contributed by atoms with van der Waals surface area (Å²) in [5, 5.41) is 2.52. The van der Waals surface area contributed by atoms with E-state index in [0.717, 1.165) is 44.9 Å². The van der Waals surface area contributed by atoms with Gasteiger partial charge in [0.25, 0.3) is 0 Å². The minimum Gasteiger partial charge on any atom is -0.435 e. The van der Waals surface area contributed by atoms with E-state index >= 15 is 0 Å². The van der Waals surface area contributed by atoms with Crippen LogP contribution in [0.1, 0.15) is 0 Å². The molecule has 8 aromatic carbocycles. The molecule has 9 aromatic rings. The number of hydrogen-bond donors (Lipinski definition) is 0. The standard InChI is InChI=1S/C47H32N2O/c1-3-11-38(12-4-1)47-48-45-17-9-16-44(46(45)50-47)37-26-30-43(31-27-37)49(41-14-5-2-6-15-41)42-28-24-35(25-29-42)34-18-20-36(21-19-34)40-23-22-33-10-7-8-13-39(33)32-40/h1-32H. The van der Waals surface area contributed by atoms with Crippen LogP contribution in [0, 0.1) is 0 Å². The third kappa shape index (κ3) is 5.61. The summed E-state index contributed by atoms with van der Waals surface area (Å²) < 4.78 is 6.33. The molecule has 9 rings (SSSR count). The summed E-state index contributed by atoms with van der Waals surface area (Å²) in [7, 11) is 0. The number of benzene rings is 8. The van der Waals surface area contributed by atoms with Crippen molar-refractivity contribution in [3.05, 3.63) is 194 Å². The Balaban J connectivity index is 1.01. The van der Waals surface area contributed by atoms with E-state index in [9.17, 15) is 0 Å². The number of rotatable bonds is 7. The fourth-order valence-electron chi connectivity index (χ4n) is 6.72. The van der Waals surface area contributed by atoms with Crippen LogP contribution >= 0.6 is 0 Å². The molecule has 0 unspecified atom stereocenters. The molecule has 3 nitrogen and oxygen atoms in total. The molecule has 0 N–H and O–H groups in total. The summed E-state index contributed by atoms with van der Waals surface area (Å²) in [4.78, 5) is 7.07. The lowest BCUT2D eigenvalue weighted by atomic mass is 9.98. The predicted molar refractivity (Wildman–Crippen MR) is 208 cm³/mol. The van der Waals surface area contributed by atoms with Crippen molar-refractivity contribution in [1.82, 2.24) is 4.98 Å². The van der Waals surface area contributed by atoms with Gasteiger partial charge in [0.15, 0.2) is 5.58 Å². The molecule has 0 saturated heterocycles. The molecule has 0 aliphatic rings. The Kier molecular flexibility index (Phi) is 7.49. The maximum absolute atomic E-state index is 6.33. The van der Waals surface area contributed by atoms with E-state index < -0.39 is 0 Å². The van der Waals surface area contributed by atoms with E-state index in [-0.39, 0.29) is 0 Å². The Bertz CT molecular complexity index is 2550. The van der Waals surface area contributed by atoms with E-state index in [0.29, 0.717) is 5.89 Å². The van der Waals surface area contributed by atoms with Gasteiger partial charge >= 0.3 is 0 Å². The molecule has 0 fully saturated rings. The molecule has 0 bridgehead atoms. The SMILES string of the molecule is c1ccc(-c2nc3cccc(-c4ccc(N(c5ccccc5)c5ccc(-c6ccc(-c7ccc8ccccc8c7)cc6)cc5)cc4)c3o2)cc1. The molecule has 1 aromatic heterocycles. The second-order valence-electron chi connectivity index (χ2n) is 12.4. The van der Waals surface area contributed by atoms with Crippen LogP contribution in [0.4, 0.5) is 17.1 Å². The highest BCUT2D eigenvalue weighted by molar-refractivity contribution is 5.92. The Morgan fingerprint density at radius 3 is 1.56 bits per heavy atom. The van der Waals surface area contributed by atoms with Crippen LogP contribution in [-0.4, -0.2) is 4.98 Å². The first-order valence-corrected chi connectivity index (χ1v) is 16.9. The quantitative estimate of drug-likeness (QED) is 0.174. The van der Waals surface area contributed by atoms with E-state index in [2.05, 4.69) is 157 Å². The summed E-state index contributed by atoms with van der Waals surface area (Å²) in [6.45, 7) is 0. The Labute approximate surface area is 291 Å². The number of hydrogen-bond acceptors (Lipinski definition) is 3. The zero-order chi connectivity index (χ0) is 33.3. The third-order valence-corrected chi connectivity index (χ3v) is 9.31. The minimum atomic E-state index is 0.629. The molecule has 50 heavy (non-hydrogen) atoms. The number of para-hydroxylation sites is 2. The lowest BCUT2D eigenvalue weighted by Gasteiger charge is -2.26. The highest BCUT2D eigenvalue weighted by atomic mass is 16.3. The zero-order valence-electron chi connectivity index (χ0n) is 27.3. The van der Waals surface area contributed by atoms with E-state index in [1.165, 1.54) is 33.0 Å². The van der Waals surface area contributed by atoms with Gasteiger partial charge in [-0.3, -0.25) is 0 Å². The normalized spacial score (nSPS) is 11.2. The maximum atomic E-state index is 6.33. The van der Waals surface area contributed by atoms with E-state index in [1.807, 2.05) is 42.5 Å². The van der Waals surface area contributed by atoms with Crippen molar-refractivity contribution < 1.29 is 4.42 Å². The van der Waals surface area contributed by atoms with Gasteiger partial charge in [-0.15, -0.1) is 0 Å². The van der Waals surface area contributed by atoms with Gasteiger partial charge in [0.05, 0.1) is 0 Å². The molecule has 0 aliphatic heterocycles. The van der Waals surface area contributed by atoms with Crippen molar-refractivity contribution in [2.75, 3.05) is 4.90 Å². The summed E-state index contributed by atoms with van der Waals surface area (Å²) in [5.74, 6) is 0.629. The van der Waals surface area contributed by atoms with Crippen molar-refractivity contribution in [1.29, 1.82) is 0 Å². The van der Waals surface area contributed by atoms with Crippen molar-refractivity contribution in [3.63, 3.8) is 0 Å². The molecule has 0 amide bonds. The first kappa shape index (κ1) is 29.4. The van der Waals surface area contributed by atoms with Crippen LogP contribution in [0.5, 0.6) is 0 Å². The monoisotopic (exact) mass is 640 g/mol. The molecule has 0 aliphatic carbocycles. The van der Waals surface area contributed by atoms with Crippen molar-refractivity contribution in [2.24, 2.45) is 0 Å². The van der Waals surface area contributed by atoms with E-state index in [1.54, 1.807) is 0 Å². The summed E-state index contributed by atoms with van der Waals surface area (Å²) in [6.07, 6.45) is 0. The molecule has 3 heteroatoms. The van der Waals surface area contributed by atoms with Crippen LogP contribution in [0.15, 0.2) is 199 Å². The van der Waals surface area contributed by atoms with Crippen molar-refractivity contribution in [2.45, 2.75) is 0 Å². The number of fused-ring (bicyclic) bond motifs is 2. The lowest BCUT2D eigenvalue weighted by molar-refractivity contribution is 0.621. The van der Waals surface area contributed by atoms with Crippen molar-refractivity contribution in [3.8, 4) is 44.8 Å². The summed E-state index contributed by atoms with van der Waals surface area (Å²) >= 11 is 0. The maximum Gasteiger partial charge on any atom is 0.227 e. The summed E-state index contributed by atoms with van der Waals surface area (Å²) in [6, 6.07) is 68.2. The van der Waals surface area contributed by atoms with Gasteiger partial charge in [0.1, 0.15) is 5.52 Å². The largest absolute Gasteiger partial charge is 0.435 e. The molecular formula is C47H32N2O. The van der Waals surface area contributed by atoms with Crippen LogP contribution in [-0.2, 0) is 0 Å². The highest BCUT2D eigenvalue weighted by Gasteiger charge is 2.16. The van der Waals surface area contributed by atoms with Crippen molar-refractivity contribution >= 4 is 38.9 Å². The van der Waals surface area contributed by atoms with Gasteiger partial charge in [0.2, 0.25) is 5.89 Å². The zero-order valence-corrected chi connectivity index (χ0v) is 27.3. The second kappa shape index (κ2) is 12.7. The van der Waals surface area contributed by atoms with Crippen LogP contribution in [0.25, 0.3) is 66.7 Å². The molecule has 0 spiro atoms. The molecular weight excluding hydrogens is 609 g/mol. The average Bonchev–Trinajstić information content (AvgIpc) is 3.64. The number of anilines is 3. The summed E-state index contributed by atoms with van der Waals surface area (Å²) in [5.41, 5.74) is 12.8. The third-order valence-electron chi connectivity index (χ3n) is 9.31. The highest BCUT2D eigenvalue weighted by Crippen LogP contribution is 2.38. The van der Waals surface area contributed by atoms with Gasteiger partial charge in [-0.1, -0.05) is 133 Å². The smallest absolute Gasteiger partial charge is 0.227 e. The Hall–Kier alpha value is -6.71. The van der Waals surface area contributed by atoms with Crippen LogP contribution in [0.3, 0.4) is 0 Å². The molecule has 1 heterocycles. The minimum absolute atomic E-state index is 0.629. The first-order valence-electron chi connectivity index (χ1n) is 16.9. The topological polar surface area (TPSA) is 29.3 Å². The fourth-order valence-corrected chi connectivity index (χ4v) is 6.72. The fraction of sp³-hybridized carbons (Fsp3) is 0.